The Bertz CT molecular complexity index is 478. The summed E-state index contributed by atoms with van der Waals surface area (Å²) in [5.74, 6) is -1.04. The number of aliphatic hydroxyl groups is 2. The molecule has 3 atom stereocenters. The summed E-state index contributed by atoms with van der Waals surface area (Å²) >= 11 is 0. The SMILES string of the molecule is COC(=O)[C@@]1(O)CCN(C(=O)C2(C)CCC(=O)C2)C[C@@H]1O. The number of carbonyl (C=O) groups excluding carboxylic acids is 3. The van der Waals surface area contributed by atoms with Crippen LogP contribution in [0.15, 0.2) is 0 Å². The topological polar surface area (TPSA) is 104 Å². The second-order valence-electron chi connectivity index (χ2n) is 6.21. The molecule has 0 spiro atoms. The molecule has 0 bridgehead atoms. The molecule has 2 fully saturated rings. The minimum absolute atomic E-state index is 0.0643. The molecular formula is C14H21NO6. The van der Waals surface area contributed by atoms with Gasteiger partial charge in [0.2, 0.25) is 5.91 Å². The third kappa shape index (κ3) is 2.67. The third-order valence-electron chi connectivity index (χ3n) is 4.59. The normalized spacial score (nSPS) is 36.7. The van der Waals surface area contributed by atoms with E-state index in [0.29, 0.717) is 12.8 Å². The maximum atomic E-state index is 12.5. The molecule has 1 aliphatic heterocycles. The molecular weight excluding hydrogens is 278 g/mol. The van der Waals surface area contributed by atoms with Gasteiger partial charge in [0, 0.05) is 25.8 Å². The number of ether oxygens (including phenoxy) is 1. The van der Waals surface area contributed by atoms with Crippen LogP contribution in [0.25, 0.3) is 0 Å². The molecule has 0 aromatic carbocycles. The van der Waals surface area contributed by atoms with E-state index in [-0.39, 0.29) is 37.6 Å². The maximum Gasteiger partial charge on any atom is 0.340 e. The average Bonchev–Trinajstić information content (AvgIpc) is 2.81. The number of carbonyl (C=O) groups is 3. The Morgan fingerprint density at radius 1 is 1.38 bits per heavy atom. The molecule has 1 unspecified atom stereocenters. The van der Waals surface area contributed by atoms with Crippen molar-refractivity contribution in [1.82, 2.24) is 4.90 Å². The van der Waals surface area contributed by atoms with Gasteiger partial charge in [-0.1, -0.05) is 6.92 Å². The molecule has 1 aliphatic carbocycles. The third-order valence-corrected chi connectivity index (χ3v) is 4.59. The Balaban J connectivity index is 2.07. The van der Waals surface area contributed by atoms with Crippen molar-refractivity contribution >= 4 is 17.7 Å². The van der Waals surface area contributed by atoms with Crippen LogP contribution in [0, 0.1) is 5.41 Å². The van der Waals surface area contributed by atoms with Gasteiger partial charge in [-0.15, -0.1) is 0 Å². The quantitative estimate of drug-likeness (QED) is 0.650. The van der Waals surface area contributed by atoms with Crippen LogP contribution in [-0.2, 0) is 19.1 Å². The first kappa shape index (κ1) is 15.9. The molecule has 0 radical (unpaired) electrons. The highest BCUT2D eigenvalue weighted by Crippen LogP contribution is 2.38. The molecule has 0 aromatic rings. The van der Waals surface area contributed by atoms with E-state index < -0.39 is 23.1 Å². The van der Waals surface area contributed by atoms with E-state index in [2.05, 4.69) is 4.74 Å². The van der Waals surface area contributed by atoms with Crippen LogP contribution in [0.3, 0.4) is 0 Å². The number of piperidine rings is 1. The molecule has 2 rings (SSSR count). The Morgan fingerprint density at radius 3 is 2.52 bits per heavy atom. The standard InChI is InChI=1S/C14H21NO6/c1-13(4-3-9(16)7-13)11(18)15-6-5-14(20,10(17)8-15)12(19)21-2/h10,17,20H,3-8H2,1-2H3/t10-,13?,14+/m0/s1. The van der Waals surface area contributed by atoms with E-state index in [1.54, 1.807) is 6.92 Å². The van der Waals surface area contributed by atoms with Crippen molar-refractivity contribution < 1.29 is 29.3 Å². The van der Waals surface area contributed by atoms with E-state index in [4.69, 9.17) is 0 Å². The monoisotopic (exact) mass is 299 g/mol. The summed E-state index contributed by atoms with van der Waals surface area (Å²) < 4.78 is 4.50. The lowest BCUT2D eigenvalue weighted by Crippen LogP contribution is -2.62. The van der Waals surface area contributed by atoms with Gasteiger partial charge in [-0.25, -0.2) is 4.79 Å². The van der Waals surface area contributed by atoms with Gasteiger partial charge in [-0.3, -0.25) is 9.59 Å². The zero-order valence-corrected chi connectivity index (χ0v) is 12.3. The van der Waals surface area contributed by atoms with Gasteiger partial charge >= 0.3 is 5.97 Å². The molecule has 7 nitrogen and oxygen atoms in total. The van der Waals surface area contributed by atoms with Crippen LogP contribution in [0.4, 0.5) is 0 Å². The van der Waals surface area contributed by atoms with Crippen molar-refractivity contribution in [3.05, 3.63) is 0 Å². The molecule has 118 valence electrons. The number of nitrogens with zero attached hydrogens (tertiary/aromatic N) is 1. The molecule has 21 heavy (non-hydrogen) atoms. The number of likely N-dealkylation sites (tertiary alicyclic amines) is 1. The maximum absolute atomic E-state index is 12.5. The molecule has 2 N–H and O–H groups in total. The van der Waals surface area contributed by atoms with Crippen LogP contribution in [0.5, 0.6) is 0 Å². The first-order valence-electron chi connectivity index (χ1n) is 7.03. The van der Waals surface area contributed by atoms with Crippen LogP contribution >= 0.6 is 0 Å². The first-order valence-corrected chi connectivity index (χ1v) is 7.03. The highest BCUT2D eigenvalue weighted by Gasteiger charge is 2.51. The number of hydrogen-bond donors (Lipinski definition) is 2. The second kappa shape index (κ2) is 5.38. The number of rotatable bonds is 2. The van der Waals surface area contributed by atoms with Crippen molar-refractivity contribution in [3.63, 3.8) is 0 Å². The predicted molar refractivity (Wildman–Crippen MR) is 71.1 cm³/mol. The second-order valence-corrected chi connectivity index (χ2v) is 6.21. The van der Waals surface area contributed by atoms with E-state index in [1.807, 2.05) is 0 Å². The zero-order valence-electron chi connectivity index (χ0n) is 12.3. The smallest absolute Gasteiger partial charge is 0.340 e. The number of Topliss-reactive ketones (excluding diaryl/α,β-unsaturated/α-hetero) is 1. The van der Waals surface area contributed by atoms with E-state index in [0.717, 1.165) is 7.11 Å². The van der Waals surface area contributed by atoms with Gasteiger partial charge in [-0.2, -0.15) is 0 Å². The lowest BCUT2D eigenvalue weighted by molar-refractivity contribution is -0.187. The Morgan fingerprint density at radius 2 is 2.05 bits per heavy atom. The average molecular weight is 299 g/mol. The zero-order chi connectivity index (χ0) is 15.8. The minimum atomic E-state index is -1.97. The van der Waals surface area contributed by atoms with E-state index in [1.165, 1.54) is 4.90 Å². The van der Waals surface area contributed by atoms with Crippen molar-refractivity contribution in [3.8, 4) is 0 Å². The van der Waals surface area contributed by atoms with Crippen molar-refractivity contribution in [1.29, 1.82) is 0 Å². The fourth-order valence-electron chi connectivity index (χ4n) is 3.11. The molecule has 1 saturated heterocycles. The fraction of sp³-hybridized carbons (Fsp3) is 0.786. The minimum Gasteiger partial charge on any atom is -0.467 e. The molecule has 2 aliphatic rings. The fourth-order valence-corrected chi connectivity index (χ4v) is 3.11. The predicted octanol–water partition coefficient (Wildman–Crippen LogP) is -0.757. The lowest BCUT2D eigenvalue weighted by Gasteiger charge is -2.42. The number of β-amino-alcohol motifs (C(OH)–C–C–N with tert-alkyl or cyclic N) is 1. The van der Waals surface area contributed by atoms with Gasteiger partial charge < -0.3 is 19.8 Å². The number of aliphatic hydroxyl groups excluding tert-OH is 1. The molecule has 1 saturated carbocycles. The molecule has 7 heteroatoms. The summed E-state index contributed by atoms with van der Waals surface area (Å²) in [6, 6.07) is 0. The lowest BCUT2D eigenvalue weighted by atomic mass is 9.83. The highest BCUT2D eigenvalue weighted by atomic mass is 16.5. The molecule has 1 heterocycles. The molecule has 0 aromatic heterocycles. The van der Waals surface area contributed by atoms with Crippen LogP contribution < -0.4 is 0 Å². The summed E-state index contributed by atoms with van der Waals surface area (Å²) in [4.78, 5) is 36.9. The summed E-state index contributed by atoms with van der Waals surface area (Å²) in [5.41, 5.74) is -2.71. The summed E-state index contributed by atoms with van der Waals surface area (Å²) in [6.07, 6.45) is -0.386. The summed E-state index contributed by atoms with van der Waals surface area (Å²) in [7, 11) is 1.13. The Labute approximate surface area is 122 Å². The van der Waals surface area contributed by atoms with Gasteiger partial charge in [0.1, 0.15) is 11.9 Å². The van der Waals surface area contributed by atoms with Crippen molar-refractivity contribution in [2.45, 2.75) is 44.3 Å². The van der Waals surface area contributed by atoms with Gasteiger partial charge in [-0.05, 0) is 6.42 Å². The summed E-state index contributed by atoms with van der Waals surface area (Å²) in [6.45, 7) is 1.74. The number of ketones is 1. The van der Waals surface area contributed by atoms with Crippen molar-refractivity contribution in [2.75, 3.05) is 20.2 Å². The Hall–Kier alpha value is -1.47. The number of amides is 1. The van der Waals surface area contributed by atoms with Gasteiger partial charge in [0.05, 0.1) is 19.1 Å². The van der Waals surface area contributed by atoms with Crippen molar-refractivity contribution in [2.24, 2.45) is 5.41 Å². The van der Waals surface area contributed by atoms with Crippen LogP contribution in [-0.4, -0.2) is 64.7 Å². The summed E-state index contributed by atoms with van der Waals surface area (Å²) in [5, 5.41) is 20.2. The molecule has 1 amide bonds. The van der Waals surface area contributed by atoms with Gasteiger partial charge in [0.25, 0.3) is 0 Å². The highest BCUT2D eigenvalue weighted by molar-refractivity contribution is 5.93. The largest absolute Gasteiger partial charge is 0.467 e. The number of methoxy groups -OCH3 is 1. The number of esters is 1. The van der Waals surface area contributed by atoms with E-state index >= 15 is 0 Å². The number of hydrogen-bond acceptors (Lipinski definition) is 6. The van der Waals surface area contributed by atoms with Crippen LogP contribution in [0.1, 0.15) is 32.6 Å². The van der Waals surface area contributed by atoms with E-state index in [9.17, 15) is 24.6 Å². The Kier molecular flexibility index (Phi) is 4.08. The van der Waals surface area contributed by atoms with Gasteiger partial charge in [0.15, 0.2) is 5.60 Å². The van der Waals surface area contributed by atoms with Crippen LogP contribution in [0.2, 0.25) is 0 Å². The first-order chi connectivity index (χ1) is 9.73.